The molecule has 0 amide bonds. The second kappa shape index (κ2) is 6.54. The van der Waals surface area contributed by atoms with Crippen molar-refractivity contribution in [1.29, 1.82) is 0 Å². The predicted octanol–water partition coefficient (Wildman–Crippen LogP) is 4.43. The van der Waals surface area contributed by atoms with E-state index in [1.165, 1.54) is 0 Å². The summed E-state index contributed by atoms with van der Waals surface area (Å²) in [7, 11) is 1.60. The van der Waals surface area contributed by atoms with E-state index in [-0.39, 0.29) is 21.9 Å². The minimum atomic E-state index is -0.512. The molecule has 5 heteroatoms. The van der Waals surface area contributed by atoms with E-state index in [2.05, 4.69) is 52.3 Å². The first kappa shape index (κ1) is 17.8. The SMILES string of the molecule is C=C1C(Cc2cc(OC)c(Br)cc2O)C(C)(C)C(Br)C[C@H]1O. The molecule has 0 spiro atoms. The molecule has 0 heterocycles. The number of aromatic hydroxyl groups is 1. The zero-order valence-corrected chi connectivity index (χ0v) is 16.2. The van der Waals surface area contributed by atoms with Crippen molar-refractivity contribution < 1.29 is 14.9 Å². The van der Waals surface area contributed by atoms with Crippen LogP contribution < -0.4 is 4.74 Å². The molecule has 1 fully saturated rings. The van der Waals surface area contributed by atoms with E-state index in [1.54, 1.807) is 13.2 Å². The Morgan fingerprint density at radius 2 is 2.05 bits per heavy atom. The Morgan fingerprint density at radius 3 is 2.64 bits per heavy atom. The van der Waals surface area contributed by atoms with E-state index in [4.69, 9.17) is 4.74 Å². The van der Waals surface area contributed by atoms with E-state index in [0.29, 0.717) is 18.6 Å². The molecule has 22 heavy (non-hydrogen) atoms. The van der Waals surface area contributed by atoms with Gasteiger partial charge in [-0.3, -0.25) is 0 Å². The number of aliphatic hydroxyl groups is 1. The van der Waals surface area contributed by atoms with Gasteiger partial charge in [-0.25, -0.2) is 0 Å². The average Bonchev–Trinajstić information content (AvgIpc) is 2.44. The standard InChI is InChI=1S/C17H22Br2O3/c1-9-11(17(2,3)16(19)8-13(9)20)5-10-6-15(22-4)12(18)7-14(10)21/h6-7,11,13,16,20-21H,1,5,8H2,2-4H3/t11?,13-,16?/m1/s1. The topological polar surface area (TPSA) is 49.7 Å². The number of phenols is 1. The summed E-state index contributed by atoms with van der Waals surface area (Å²) in [5.74, 6) is 0.975. The number of hydrogen-bond donors (Lipinski definition) is 2. The number of phenolic OH excluding ortho intramolecular Hbond substituents is 1. The van der Waals surface area contributed by atoms with E-state index >= 15 is 0 Å². The third-order valence-corrected chi connectivity index (χ3v) is 6.96. The molecule has 0 radical (unpaired) electrons. The van der Waals surface area contributed by atoms with Crippen LogP contribution >= 0.6 is 31.9 Å². The van der Waals surface area contributed by atoms with Crippen molar-refractivity contribution >= 4 is 31.9 Å². The minimum absolute atomic E-state index is 0.0664. The molecule has 3 atom stereocenters. The Morgan fingerprint density at radius 1 is 1.41 bits per heavy atom. The number of halogens is 2. The maximum atomic E-state index is 10.2. The normalized spacial score (nSPS) is 27.7. The molecule has 1 saturated carbocycles. The molecule has 1 aliphatic carbocycles. The Labute approximate surface area is 148 Å². The minimum Gasteiger partial charge on any atom is -0.508 e. The maximum Gasteiger partial charge on any atom is 0.133 e. The van der Waals surface area contributed by atoms with Gasteiger partial charge in [0.05, 0.1) is 17.7 Å². The van der Waals surface area contributed by atoms with Crippen molar-refractivity contribution in [3.63, 3.8) is 0 Å². The van der Waals surface area contributed by atoms with Gasteiger partial charge in [0.25, 0.3) is 0 Å². The molecule has 0 aromatic heterocycles. The van der Waals surface area contributed by atoms with Gasteiger partial charge in [-0.05, 0) is 63.4 Å². The Bertz CT molecular complexity index is 584. The van der Waals surface area contributed by atoms with E-state index < -0.39 is 6.10 Å². The summed E-state index contributed by atoms with van der Waals surface area (Å²) in [6.07, 6.45) is 0.764. The highest BCUT2D eigenvalue weighted by Crippen LogP contribution is 2.49. The molecule has 122 valence electrons. The smallest absolute Gasteiger partial charge is 0.133 e. The van der Waals surface area contributed by atoms with Crippen LogP contribution in [0.15, 0.2) is 28.8 Å². The average molecular weight is 434 g/mol. The fraction of sp³-hybridized carbons (Fsp3) is 0.529. The van der Waals surface area contributed by atoms with Crippen molar-refractivity contribution in [2.45, 2.75) is 37.6 Å². The largest absolute Gasteiger partial charge is 0.508 e. The number of hydrogen-bond acceptors (Lipinski definition) is 3. The number of alkyl halides is 1. The molecule has 0 saturated heterocycles. The molecule has 3 nitrogen and oxygen atoms in total. The molecular formula is C17H22Br2O3. The summed E-state index contributed by atoms with van der Waals surface area (Å²) in [6.45, 7) is 8.44. The van der Waals surface area contributed by atoms with Crippen LogP contribution in [-0.2, 0) is 6.42 Å². The van der Waals surface area contributed by atoms with Gasteiger partial charge in [-0.2, -0.15) is 0 Å². The number of rotatable bonds is 3. The van der Waals surface area contributed by atoms with Gasteiger partial charge < -0.3 is 14.9 Å². The molecule has 2 unspecified atom stereocenters. The zero-order valence-electron chi connectivity index (χ0n) is 13.1. The van der Waals surface area contributed by atoms with Crippen LogP contribution in [0.4, 0.5) is 0 Å². The molecule has 1 aliphatic rings. The van der Waals surface area contributed by atoms with E-state index in [0.717, 1.165) is 15.6 Å². The quantitative estimate of drug-likeness (QED) is 0.547. The first-order chi connectivity index (χ1) is 10.2. The fourth-order valence-corrected chi connectivity index (χ4v) is 4.26. The van der Waals surface area contributed by atoms with Crippen molar-refractivity contribution in [2.75, 3.05) is 7.11 Å². The van der Waals surface area contributed by atoms with Gasteiger partial charge in [-0.1, -0.05) is 36.4 Å². The second-order valence-electron chi connectivity index (χ2n) is 6.49. The van der Waals surface area contributed by atoms with Crippen LogP contribution in [0.1, 0.15) is 25.8 Å². The Hall–Kier alpha value is -0.520. The van der Waals surface area contributed by atoms with Gasteiger partial charge in [0.2, 0.25) is 0 Å². The van der Waals surface area contributed by atoms with E-state index in [9.17, 15) is 10.2 Å². The molecule has 2 N–H and O–H groups in total. The van der Waals surface area contributed by atoms with Gasteiger partial charge >= 0.3 is 0 Å². The van der Waals surface area contributed by atoms with Crippen LogP contribution in [0, 0.1) is 11.3 Å². The van der Waals surface area contributed by atoms with Gasteiger partial charge in [-0.15, -0.1) is 0 Å². The van der Waals surface area contributed by atoms with Crippen molar-refractivity contribution in [3.8, 4) is 11.5 Å². The number of benzene rings is 1. The molecule has 1 aromatic carbocycles. The maximum absolute atomic E-state index is 10.2. The highest BCUT2D eigenvalue weighted by molar-refractivity contribution is 9.10. The number of aliphatic hydroxyl groups excluding tert-OH is 1. The highest BCUT2D eigenvalue weighted by atomic mass is 79.9. The fourth-order valence-electron chi connectivity index (χ4n) is 3.10. The van der Waals surface area contributed by atoms with Crippen LogP contribution in [0.3, 0.4) is 0 Å². The van der Waals surface area contributed by atoms with E-state index in [1.807, 2.05) is 6.07 Å². The number of methoxy groups -OCH3 is 1. The lowest BCUT2D eigenvalue weighted by molar-refractivity contribution is 0.0953. The monoisotopic (exact) mass is 432 g/mol. The second-order valence-corrected chi connectivity index (χ2v) is 8.45. The number of ether oxygens (including phenoxy) is 1. The summed E-state index contributed by atoms with van der Waals surface area (Å²) in [5.41, 5.74) is 1.57. The molecule has 1 aromatic rings. The van der Waals surface area contributed by atoms with Crippen LogP contribution in [0.2, 0.25) is 0 Å². The Kier molecular flexibility index (Phi) is 5.30. The molecule has 2 rings (SSSR count). The van der Waals surface area contributed by atoms with Gasteiger partial charge in [0.15, 0.2) is 0 Å². The van der Waals surface area contributed by atoms with Crippen LogP contribution in [0.5, 0.6) is 11.5 Å². The van der Waals surface area contributed by atoms with Crippen molar-refractivity contribution in [3.05, 3.63) is 34.3 Å². The first-order valence-corrected chi connectivity index (χ1v) is 8.95. The van der Waals surface area contributed by atoms with Crippen molar-refractivity contribution in [1.82, 2.24) is 0 Å². The lowest BCUT2D eigenvalue weighted by atomic mass is 9.63. The molecule has 0 aliphatic heterocycles. The predicted molar refractivity (Wildman–Crippen MR) is 95.8 cm³/mol. The lowest BCUT2D eigenvalue weighted by Gasteiger charge is -2.46. The Balaban J connectivity index is 2.37. The molecular weight excluding hydrogens is 412 g/mol. The highest BCUT2D eigenvalue weighted by Gasteiger charge is 2.44. The summed E-state index contributed by atoms with van der Waals surface area (Å²) in [6, 6.07) is 3.49. The first-order valence-electron chi connectivity index (χ1n) is 7.24. The summed E-state index contributed by atoms with van der Waals surface area (Å²) < 4.78 is 6.03. The van der Waals surface area contributed by atoms with Crippen LogP contribution in [0.25, 0.3) is 0 Å². The third kappa shape index (κ3) is 3.22. The zero-order chi connectivity index (χ0) is 16.7. The van der Waals surface area contributed by atoms with Crippen LogP contribution in [-0.4, -0.2) is 28.3 Å². The van der Waals surface area contributed by atoms with Gasteiger partial charge in [0, 0.05) is 4.83 Å². The van der Waals surface area contributed by atoms with Gasteiger partial charge in [0.1, 0.15) is 11.5 Å². The summed E-state index contributed by atoms with van der Waals surface area (Å²) in [5, 5.41) is 20.5. The summed E-state index contributed by atoms with van der Waals surface area (Å²) in [4.78, 5) is 0.199. The van der Waals surface area contributed by atoms with Crippen molar-refractivity contribution in [2.24, 2.45) is 11.3 Å². The molecule has 0 bridgehead atoms. The lowest BCUT2D eigenvalue weighted by Crippen LogP contribution is -2.44. The summed E-state index contributed by atoms with van der Waals surface area (Å²) >= 11 is 7.06. The third-order valence-electron chi connectivity index (χ3n) is 4.79.